The molecule has 1 aliphatic heterocycles. The van der Waals surface area contributed by atoms with Gasteiger partial charge in [-0.15, -0.1) is 12.4 Å². The van der Waals surface area contributed by atoms with Crippen molar-refractivity contribution in [1.29, 1.82) is 0 Å². The van der Waals surface area contributed by atoms with Crippen LogP contribution >= 0.6 is 12.4 Å². The van der Waals surface area contributed by atoms with Gasteiger partial charge in [0.2, 0.25) is 0 Å². The Bertz CT molecular complexity index is 386. The van der Waals surface area contributed by atoms with Gasteiger partial charge in [0.1, 0.15) is 6.61 Å². The molecule has 1 aliphatic rings. The van der Waals surface area contributed by atoms with Gasteiger partial charge in [0.25, 0.3) is 0 Å². The number of amides is 1. The van der Waals surface area contributed by atoms with Crippen LogP contribution in [0.15, 0.2) is 30.3 Å². The van der Waals surface area contributed by atoms with Gasteiger partial charge in [0.05, 0.1) is 0 Å². The van der Waals surface area contributed by atoms with E-state index >= 15 is 0 Å². The number of benzene rings is 1. The molecule has 2 rings (SSSR count). The SMILES string of the molecule is C[C@@H]1CC[C@@H](CNC(=O)OCc2ccccc2)N1.Cl. The third-order valence-corrected chi connectivity index (χ3v) is 3.17. The Kier molecular flexibility index (Phi) is 6.67. The summed E-state index contributed by atoms with van der Waals surface area (Å²) < 4.78 is 5.14. The van der Waals surface area contributed by atoms with Gasteiger partial charge < -0.3 is 15.4 Å². The van der Waals surface area contributed by atoms with Gasteiger partial charge in [-0.3, -0.25) is 0 Å². The van der Waals surface area contributed by atoms with E-state index in [0.29, 0.717) is 25.2 Å². The van der Waals surface area contributed by atoms with Crippen LogP contribution in [0, 0.1) is 0 Å². The minimum Gasteiger partial charge on any atom is -0.445 e. The number of halogens is 1. The Balaban J connectivity index is 0.00000180. The fourth-order valence-electron chi connectivity index (χ4n) is 2.16. The maximum atomic E-state index is 11.5. The molecule has 1 aromatic rings. The van der Waals surface area contributed by atoms with E-state index in [2.05, 4.69) is 17.6 Å². The van der Waals surface area contributed by atoms with E-state index in [1.54, 1.807) is 0 Å². The summed E-state index contributed by atoms with van der Waals surface area (Å²) in [5.41, 5.74) is 1.00. The summed E-state index contributed by atoms with van der Waals surface area (Å²) in [4.78, 5) is 11.5. The van der Waals surface area contributed by atoms with E-state index in [4.69, 9.17) is 4.74 Å². The van der Waals surface area contributed by atoms with Gasteiger partial charge in [-0.1, -0.05) is 30.3 Å². The topological polar surface area (TPSA) is 50.4 Å². The molecule has 2 N–H and O–H groups in total. The van der Waals surface area contributed by atoms with Crippen molar-refractivity contribution in [3.8, 4) is 0 Å². The Morgan fingerprint density at radius 1 is 1.37 bits per heavy atom. The lowest BCUT2D eigenvalue weighted by Crippen LogP contribution is -2.39. The molecule has 4 nitrogen and oxygen atoms in total. The smallest absolute Gasteiger partial charge is 0.407 e. The molecule has 1 aromatic carbocycles. The number of rotatable bonds is 4. The van der Waals surface area contributed by atoms with Crippen LogP contribution in [0.25, 0.3) is 0 Å². The monoisotopic (exact) mass is 284 g/mol. The first-order valence-electron chi connectivity index (χ1n) is 6.44. The van der Waals surface area contributed by atoms with Crippen molar-refractivity contribution in [3.63, 3.8) is 0 Å². The van der Waals surface area contributed by atoms with Gasteiger partial charge in [-0.25, -0.2) is 4.79 Å². The van der Waals surface area contributed by atoms with Gasteiger partial charge in [0.15, 0.2) is 0 Å². The predicted octanol–water partition coefficient (Wildman–Crippen LogP) is 2.48. The predicted molar refractivity (Wildman–Crippen MR) is 77.5 cm³/mol. The number of hydrogen-bond donors (Lipinski definition) is 2. The number of alkyl carbamates (subject to hydrolysis) is 1. The zero-order chi connectivity index (χ0) is 12.8. The first kappa shape index (κ1) is 15.8. The summed E-state index contributed by atoms with van der Waals surface area (Å²) in [5, 5.41) is 6.20. The number of ether oxygens (including phenoxy) is 1. The average molecular weight is 285 g/mol. The van der Waals surface area contributed by atoms with Crippen molar-refractivity contribution >= 4 is 18.5 Å². The summed E-state index contributed by atoms with van der Waals surface area (Å²) in [7, 11) is 0. The zero-order valence-corrected chi connectivity index (χ0v) is 11.9. The molecule has 5 heteroatoms. The quantitative estimate of drug-likeness (QED) is 0.893. The third-order valence-electron chi connectivity index (χ3n) is 3.17. The van der Waals surface area contributed by atoms with Crippen molar-refractivity contribution in [1.82, 2.24) is 10.6 Å². The molecular formula is C14H21ClN2O2. The minimum absolute atomic E-state index is 0. The van der Waals surface area contributed by atoms with Crippen molar-refractivity contribution in [3.05, 3.63) is 35.9 Å². The van der Waals surface area contributed by atoms with Gasteiger partial charge in [-0.2, -0.15) is 0 Å². The summed E-state index contributed by atoms with van der Waals surface area (Å²) in [6, 6.07) is 10.6. The van der Waals surface area contributed by atoms with E-state index in [1.807, 2.05) is 30.3 Å². The van der Waals surface area contributed by atoms with Gasteiger partial charge in [0, 0.05) is 18.6 Å². The molecule has 0 aromatic heterocycles. The Labute approximate surface area is 120 Å². The molecule has 1 saturated heterocycles. The lowest BCUT2D eigenvalue weighted by Gasteiger charge is -2.13. The molecular weight excluding hydrogens is 264 g/mol. The van der Waals surface area contributed by atoms with Crippen LogP contribution in [0.5, 0.6) is 0 Å². The van der Waals surface area contributed by atoms with Gasteiger partial charge >= 0.3 is 6.09 Å². The summed E-state index contributed by atoms with van der Waals surface area (Å²) in [6.45, 7) is 3.12. The molecule has 2 atom stereocenters. The van der Waals surface area contributed by atoms with Crippen LogP contribution in [-0.4, -0.2) is 24.7 Å². The second-order valence-corrected chi connectivity index (χ2v) is 4.78. The van der Waals surface area contributed by atoms with Crippen LogP contribution < -0.4 is 10.6 Å². The average Bonchev–Trinajstić information content (AvgIpc) is 2.81. The molecule has 106 valence electrons. The molecule has 0 bridgehead atoms. The highest BCUT2D eigenvalue weighted by Crippen LogP contribution is 2.10. The van der Waals surface area contributed by atoms with Crippen LogP contribution in [0.3, 0.4) is 0 Å². The second-order valence-electron chi connectivity index (χ2n) is 4.78. The molecule has 0 unspecified atom stereocenters. The zero-order valence-electron chi connectivity index (χ0n) is 11.1. The largest absolute Gasteiger partial charge is 0.445 e. The van der Waals surface area contributed by atoms with Gasteiger partial charge in [-0.05, 0) is 25.3 Å². The summed E-state index contributed by atoms with van der Waals surface area (Å²) in [6.07, 6.45) is 1.94. The highest BCUT2D eigenvalue weighted by atomic mass is 35.5. The van der Waals surface area contributed by atoms with E-state index < -0.39 is 0 Å². The normalized spacial score (nSPS) is 21.5. The van der Waals surface area contributed by atoms with Crippen molar-refractivity contribution in [2.24, 2.45) is 0 Å². The molecule has 0 saturated carbocycles. The maximum Gasteiger partial charge on any atom is 0.407 e. The molecule has 0 aliphatic carbocycles. The van der Waals surface area contributed by atoms with Crippen LogP contribution in [-0.2, 0) is 11.3 Å². The second kappa shape index (κ2) is 8.02. The molecule has 1 amide bonds. The van der Waals surface area contributed by atoms with Crippen molar-refractivity contribution < 1.29 is 9.53 Å². The number of carbonyl (C=O) groups is 1. The van der Waals surface area contributed by atoms with E-state index in [1.165, 1.54) is 6.42 Å². The molecule has 0 spiro atoms. The molecule has 0 radical (unpaired) electrons. The maximum absolute atomic E-state index is 11.5. The molecule has 1 heterocycles. The Hall–Kier alpha value is -1.26. The molecule has 19 heavy (non-hydrogen) atoms. The number of nitrogens with one attached hydrogen (secondary N) is 2. The van der Waals surface area contributed by atoms with Crippen LogP contribution in [0.1, 0.15) is 25.3 Å². The van der Waals surface area contributed by atoms with Crippen LogP contribution in [0.4, 0.5) is 4.79 Å². The summed E-state index contributed by atoms with van der Waals surface area (Å²) in [5.74, 6) is 0. The molecule has 1 fully saturated rings. The van der Waals surface area contributed by atoms with Crippen LogP contribution in [0.2, 0.25) is 0 Å². The first-order valence-corrected chi connectivity index (χ1v) is 6.44. The highest BCUT2D eigenvalue weighted by molar-refractivity contribution is 5.85. The summed E-state index contributed by atoms with van der Waals surface area (Å²) >= 11 is 0. The first-order chi connectivity index (χ1) is 8.74. The lowest BCUT2D eigenvalue weighted by atomic mass is 10.2. The standard InChI is InChI=1S/C14H20N2O2.ClH/c1-11-7-8-13(16-11)9-15-14(17)18-10-12-5-3-2-4-6-12;/h2-6,11,13,16H,7-10H2,1H3,(H,15,17);1H/t11-,13+;/m1./s1. The van der Waals surface area contributed by atoms with E-state index in [9.17, 15) is 4.79 Å². The lowest BCUT2D eigenvalue weighted by molar-refractivity contribution is 0.138. The fourth-order valence-corrected chi connectivity index (χ4v) is 2.16. The highest BCUT2D eigenvalue weighted by Gasteiger charge is 2.20. The van der Waals surface area contributed by atoms with E-state index in [0.717, 1.165) is 12.0 Å². The number of carbonyl (C=O) groups excluding carboxylic acids is 1. The number of hydrogen-bond acceptors (Lipinski definition) is 3. The van der Waals surface area contributed by atoms with Crippen molar-refractivity contribution in [2.45, 2.75) is 38.5 Å². The Morgan fingerprint density at radius 3 is 2.74 bits per heavy atom. The third kappa shape index (κ3) is 5.49. The Morgan fingerprint density at radius 2 is 2.11 bits per heavy atom. The van der Waals surface area contributed by atoms with Crippen molar-refractivity contribution in [2.75, 3.05) is 6.54 Å². The minimum atomic E-state index is -0.347. The fraction of sp³-hybridized carbons (Fsp3) is 0.500. The van der Waals surface area contributed by atoms with E-state index in [-0.39, 0.29) is 18.5 Å².